The molecular formula is C25H20BrN3O5. The Labute approximate surface area is 204 Å². The normalized spacial score (nSPS) is 10.4. The Hall–Kier alpha value is -4.16. The first kappa shape index (κ1) is 24.5. The van der Waals surface area contributed by atoms with Crippen molar-refractivity contribution in [2.45, 2.75) is 6.92 Å². The Morgan fingerprint density at radius 3 is 2.53 bits per heavy atom. The number of hydrazone groups is 1. The summed E-state index contributed by atoms with van der Waals surface area (Å²) < 4.78 is 17.3. The fourth-order valence-electron chi connectivity index (χ4n) is 2.74. The second kappa shape index (κ2) is 12.2. The molecule has 3 rings (SSSR count). The second-order valence-electron chi connectivity index (χ2n) is 6.73. The van der Waals surface area contributed by atoms with Gasteiger partial charge in [-0.25, -0.2) is 10.2 Å². The van der Waals surface area contributed by atoms with Crippen LogP contribution < -0.4 is 19.6 Å². The van der Waals surface area contributed by atoms with Crippen LogP contribution in [0.25, 0.3) is 0 Å². The molecule has 0 aliphatic rings. The average molecular weight is 522 g/mol. The molecule has 3 aromatic carbocycles. The van der Waals surface area contributed by atoms with Crippen molar-refractivity contribution in [2.24, 2.45) is 5.10 Å². The lowest BCUT2D eigenvalue weighted by Gasteiger charge is -2.11. The quantitative estimate of drug-likeness (QED) is 0.192. The first-order valence-corrected chi connectivity index (χ1v) is 11.0. The number of carbonyl (C=O) groups excluding carboxylic acids is 2. The Kier molecular flexibility index (Phi) is 8.77. The first-order valence-electron chi connectivity index (χ1n) is 10.2. The summed E-state index contributed by atoms with van der Waals surface area (Å²) in [5.74, 6) is -0.0619. The van der Waals surface area contributed by atoms with E-state index in [1.807, 2.05) is 13.0 Å². The minimum absolute atomic E-state index is 0.264. The van der Waals surface area contributed by atoms with Crippen molar-refractivity contribution in [1.82, 2.24) is 5.43 Å². The third-order valence-corrected chi connectivity index (χ3v) is 4.85. The van der Waals surface area contributed by atoms with Gasteiger partial charge in [0.25, 0.3) is 5.91 Å². The van der Waals surface area contributed by atoms with Crippen LogP contribution in [-0.2, 0) is 4.79 Å². The van der Waals surface area contributed by atoms with Gasteiger partial charge in [0.1, 0.15) is 11.8 Å². The van der Waals surface area contributed by atoms with Crippen LogP contribution in [-0.4, -0.2) is 31.3 Å². The summed E-state index contributed by atoms with van der Waals surface area (Å²) in [5.41, 5.74) is 3.71. The van der Waals surface area contributed by atoms with E-state index in [2.05, 4.69) is 26.5 Å². The van der Waals surface area contributed by atoms with Gasteiger partial charge in [-0.05, 0) is 67.1 Å². The molecule has 0 radical (unpaired) electrons. The standard InChI is InChI=1S/C25H20BrN3O5/c1-2-32-23-13-17(7-12-22(23)34-25(31)18-8-10-20(26)11-9-18)15-28-29-24(30)16-33-21-6-4-3-5-19(21)14-27/h3-13,15H,2,16H2,1H3,(H,29,30). The van der Waals surface area contributed by atoms with Gasteiger partial charge < -0.3 is 14.2 Å². The molecule has 0 saturated carbocycles. The fraction of sp³-hybridized carbons (Fsp3) is 0.120. The van der Waals surface area contributed by atoms with Crippen LogP contribution in [0.1, 0.15) is 28.4 Å². The molecule has 0 aliphatic heterocycles. The average Bonchev–Trinajstić information content (AvgIpc) is 2.85. The lowest BCUT2D eigenvalue weighted by atomic mass is 10.2. The van der Waals surface area contributed by atoms with E-state index in [1.165, 1.54) is 6.21 Å². The zero-order valence-electron chi connectivity index (χ0n) is 18.2. The highest BCUT2D eigenvalue weighted by atomic mass is 79.9. The molecule has 1 N–H and O–H groups in total. The topological polar surface area (TPSA) is 110 Å². The molecule has 34 heavy (non-hydrogen) atoms. The van der Waals surface area contributed by atoms with Gasteiger partial charge in [0, 0.05) is 4.47 Å². The largest absolute Gasteiger partial charge is 0.490 e. The van der Waals surface area contributed by atoms with Crippen LogP contribution in [0, 0.1) is 11.3 Å². The van der Waals surface area contributed by atoms with E-state index in [-0.39, 0.29) is 12.4 Å². The summed E-state index contributed by atoms with van der Waals surface area (Å²) in [4.78, 5) is 24.4. The molecule has 0 bridgehead atoms. The molecule has 0 aliphatic carbocycles. The van der Waals surface area contributed by atoms with Crippen LogP contribution >= 0.6 is 15.9 Å². The number of benzene rings is 3. The number of nitrogens with one attached hydrogen (secondary N) is 1. The highest BCUT2D eigenvalue weighted by Gasteiger charge is 2.13. The van der Waals surface area contributed by atoms with Crippen LogP contribution in [0.5, 0.6) is 17.2 Å². The van der Waals surface area contributed by atoms with Crippen LogP contribution in [0.4, 0.5) is 0 Å². The lowest BCUT2D eigenvalue weighted by molar-refractivity contribution is -0.123. The number of carbonyl (C=O) groups is 2. The maximum absolute atomic E-state index is 12.4. The summed E-state index contributed by atoms with van der Waals surface area (Å²) in [5, 5.41) is 13.0. The van der Waals surface area contributed by atoms with Gasteiger partial charge in [-0.3, -0.25) is 4.79 Å². The molecule has 0 aromatic heterocycles. The van der Waals surface area contributed by atoms with Gasteiger partial charge in [0.15, 0.2) is 18.1 Å². The van der Waals surface area contributed by atoms with E-state index >= 15 is 0 Å². The lowest BCUT2D eigenvalue weighted by Crippen LogP contribution is -2.24. The van der Waals surface area contributed by atoms with Gasteiger partial charge in [-0.1, -0.05) is 28.1 Å². The number of nitriles is 1. The van der Waals surface area contributed by atoms with Gasteiger partial charge >= 0.3 is 5.97 Å². The van der Waals surface area contributed by atoms with Crippen molar-refractivity contribution < 1.29 is 23.8 Å². The molecule has 3 aromatic rings. The predicted molar refractivity (Wildman–Crippen MR) is 129 cm³/mol. The van der Waals surface area contributed by atoms with Crippen molar-refractivity contribution in [3.63, 3.8) is 0 Å². The van der Waals surface area contributed by atoms with E-state index in [0.29, 0.717) is 34.8 Å². The number of halogens is 1. The molecule has 8 nitrogen and oxygen atoms in total. The zero-order chi connectivity index (χ0) is 24.3. The molecule has 0 atom stereocenters. The Balaban J connectivity index is 1.60. The number of rotatable bonds is 9. The van der Waals surface area contributed by atoms with E-state index in [9.17, 15) is 9.59 Å². The van der Waals surface area contributed by atoms with Crippen molar-refractivity contribution in [3.8, 4) is 23.3 Å². The van der Waals surface area contributed by atoms with Crippen molar-refractivity contribution in [1.29, 1.82) is 5.26 Å². The van der Waals surface area contributed by atoms with Gasteiger partial charge in [0.2, 0.25) is 0 Å². The zero-order valence-corrected chi connectivity index (χ0v) is 19.7. The van der Waals surface area contributed by atoms with Gasteiger partial charge in [-0.2, -0.15) is 10.4 Å². The highest BCUT2D eigenvalue weighted by Crippen LogP contribution is 2.29. The van der Waals surface area contributed by atoms with Crippen molar-refractivity contribution in [2.75, 3.05) is 13.2 Å². The summed E-state index contributed by atoms with van der Waals surface area (Å²) in [6, 6.07) is 20.3. The number of esters is 1. The van der Waals surface area contributed by atoms with E-state index in [0.717, 1.165) is 4.47 Å². The van der Waals surface area contributed by atoms with E-state index in [4.69, 9.17) is 19.5 Å². The Morgan fingerprint density at radius 2 is 1.79 bits per heavy atom. The maximum atomic E-state index is 12.4. The monoisotopic (exact) mass is 521 g/mol. The minimum Gasteiger partial charge on any atom is -0.490 e. The number of hydrogen-bond acceptors (Lipinski definition) is 7. The Morgan fingerprint density at radius 1 is 1.03 bits per heavy atom. The van der Waals surface area contributed by atoms with E-state index in [1.54, 1.807) is 66.7 Å². The number of para-hydroxylation sites is 1. The summed E-state index contributed by atoms with van der Waals surface area (Å²) in [7, 11) is 0. The second-order valence-corrected chi connectivity index (χ2v) is 7.64. The molecule has 0 spiro atoms. The summed E-state index contributed by atoms with van der Waals surface area (Å²) in [6.45, 7) is 1.87. The van der Waals surface area contributed by atoms with Crippen LogP contribution in [0.15, 0.2) is 76.3 Å². The van der Waals surface area contributed by atoms with Crippen molar-refractivity contribution in [3.05, 3.63) is 87.9 Å². The molecular weight excluding hydrogens is 502 g/mol. The highest BCUT2D eigenvalue weighted by molar-refractivity contribution is 9.10. The molecule has 1 amide bonds. The molecule has 0 saturated heterocycles. The number of amides is 1. The van der Waals surface area contributed by atoms with Crippen LogP contribution in [0.3, 0.4) is 0 Å². The summed E-state index contributed by atoms with van der Waals surface area (Å²) >= 11 is 3.33. The van der Waals surface area contributed by atoms with Gasteiger partial charge in [-0.15, -0.1) is 0 Å². The van der Waals surface area contributed by atoms with E-state index < -0.39 is 11.9 Å². The number of nitrogens with zero attached hydrogens (tertiary/aromatic N) is 2. The number of ether oxygens (including phenoxy) is 3. The van der Waals surface area contributed by atoms with Crippen molar-refractivity contribution >= 4 is 34.0 Å². The van der Waals surface area contributed by atoms with Gasteiger partial charge in [0.05, 0.1) is 23.9 Å². The molecule has 0 fully saturated rings. The fourth-order valence-corrected chi connectivity index (χ4v) is 3.01. The molecule has 0 unspecified atom stereocenters. The first-order chi connectivity index (χ1) is 16.5. The third kappa shape index (κ3) is 6.92. The number of hydrogen-bond donors (Lipinski definition) is 1. The SMILES string of the molecule is CCOc1cc(C=NNC(=O)COc2ccccc2C#N)ccc1OC(=O)c1ccc(Br)cc1. The Bertz CT molecular complexity index is 1240. The minimum atomic E-state index is -0.514. The molecule has 9 heteroatoms. The predicted octanol–water partition coefficient (Wildman–Crippen LogP) is 4.47. The smallest absolute Gasteiger partial charge is 0.343 e. The molecule has 0 heterocycles. The van der Waals surface area contributed by atoms with Crippen LogP contribution in [0.2, 0.25) is 0 Å². The summed E-state index contributed by atoms with van der Waals surface area (Å²) in [6.07, 6.45) is 1.42. The maximum Gasteiger partial charge on any atom is 0.343 e. The third-order valence-electron chi connectivity index (χ3n) is 4.32. The molecule has 172 valence electrons.